The number of hydrogen-bond acceptors (Lipinski definition) is 9. The average molecular weight is 564 g/mol. The van der Waals surface area contributed by atoms with E-state index < -0.39 is 11.4 Å². The van der Waals surface area contributed by atoms with E-state index in [1.807, 2.05) is 0 Å². The SMILES string of the molecule is Nc1ccc([NH2+]c2ccc(N)c3c2C(=O)c2ccccc2C3=O)c2c1C(=O)c1ccccc1C2=O.O=S([O-])[O-].[Na+]. The van der Waals surface area contributed by atoms with E-state index in [1.165, 1.54) is 0 Å². The van der Waals surface area contributed by atoms with Crippen LogP contribution in [0.15, 0.2) is 72.8 Å². The third-order valence-electron chi connectivity index (χ3n) is 6.59. The molecule has 0 fully saturated rings. The van der Waals surface area contributed by atoms with Crippen molar-refractivity contribution in [2.75, 3.05) is 11.5 Å². The molecule has 10 nitrogen and oxygen atoms in total. The van der Waals surface area contributed by atoms with E-state index in [9.17, 15) is 19.2 Å². The number of quaternary nitrogens is 1. The molecular weight excluding hydrogens is 545 g/mol. The molecule has 4 aromatic carbocycles. The molecule has 6 N–H and O–H groups in total. The van der Waals surface area contributed by atoms with E-state index in [0.29, 0.717) is 33.6 Å². The maximum atomic E-state index is 13.5. The largest absolute Gasteiger partial charge is 1.00 e. The van der Waals surface area contributed by atoms with E-state index in [-0.39, 0.29) is 86.3 Å². The second-order valence-electron chi connectivity index (χ2n) is 8.74. The van der Waals surface area contributed by atoms with Gasteiger partial charge in [-0.2, -0.15) is 0 Å². The Bertz CT molecular complexity index is 1660. The van der Waals surface area contributed by atoms with Gasteiger partial charge in [-0.3, -0.25) is 28.7 Å². The van der Waals surface area contributed by atoms with Crippen molar-refractivity contribution >= 4 is 57.2 Å². The Labute approximate surface area is 252 Å². The van der Waals surface area contributed by atoms with Crippen molar-refractivity contribution in [3.8, 4) is 0 Å². The van der Waals surface area contributed by atoms with Crippen molar-refractivity contribution in [1.82, 2.24) is 0 Å². The summed E-state index contributed by atoms with van der Waals surface area (Å²) in [5, 5.41) is 1.63. The molecule has 4 aromatic rings. The fourth-order valence-corrected chi connectivity index (χ4v) is 4.95. The number of anilines is 2. The standard InChI is InChI=1S/C28H17N3O4.Na.H2O3S/c29-17-9-11-19(23-21(17)25(32)13-5-1-3-7-15(13)27(23)34)31-20-12-10-18(30)22-24(20)28(35)16-8-4-2-6-14(16)26(22)33;;1-4(2)3/h1-12,31H,29-30H2;;(H2,1,2,3)/q;+1;/p-1. The number of hydrogen-bond donors (Lipinski definition) is 3. The van der Waals surface area contributed by atoms with Crippen molar-refractivity contribution in [2.24, 2.45) is 0 Å². The number of rotatable bonds is 2. The molecule has 12 heteroatoms. The monoisotopic (exact) mass is 563 g/mol. The van der Waals surface area contributed by atoms with Crippen molar-refractivity contribution in [3.63, 3.8) is 0 Å². The molecule has 0 heterocycles. The second-order valence-corrected chi connectivity index (χ2v) is 9.15. The molecule has 0 atom stereocenters. The van der Waals surface area contributed by atoms with Gasteiger partial charge >= 0.3 is 29.6 Å². The Hall–Kier alpha value is -3.81. The zero-order valence-electron chi connectivity index (χ0n) is 20.9. The van der Waals surface area contributed by atoms with Gasteiger partial charge in [0.25, 0.3) is 0 Å². The summed E-state index contributed by atoms with van der Waals surface area (Å²) in [5.41, 5.74) is 15.3. The van der Waals surface area contributed by atoms with Crippen LogP contribution in [0.2, 0.25) is 0 Å². The number of benzene rings is 4. The summed E-state index contributed by atoms with van der Waals surface area (Å²) < 4.78 is 25.3. The maximum absolute atomic E-state index is 13.5. The topological polar surface area (TPSA) is 200 Å². The Kier molecular flexibility index (Phi) is 8.28. The number of carbonyl (C=O) groups excluding carboxylic acids is 4. The minimum Gasteiger partial charge on any atom is -0.784 e. The molecule has 0 spiro atoms. The van der Waals surface area contributed by atoms with Crippen LogP contribution in [-0.2, 0) is 11.4 Å². The Balaban J connectivity index is 0.000000695. The summed E-state index contributed by atoms with van der Waals surface area (Å²) in [6.45, 7) is 0. The summed E-state index contributed by atoms with van der Waals surface area (Å²) in [6.07, 6.45) is 0. The first-order valence-electron chi connectivity index (χ1n) is 11.4. The number of carbonyl (C=O) groups is 4. The minimum absolute atomic E-state index is 0. The molecule has 0 aromatic heterocycles. The Morgan fingerprint density at radius 1 is 0.525 bits per heavy atom. The third kappa shape index (κ3) is 4.84. The molecule has 0 amide bonds. The summed E-state index contributed by atoms with van der Waals surface area (Å²) in [6, 6.07) is 19.6. The first kappa shape index (κ1) is 29.2. The molecule has 6 rings (SSSR count). The Morgan fingerprint density at radius 3 is 1.10 bits per heavy atom. The number of ketones is 4. The van der Waals surface area contributed by atoms with Gasteiger partial charge in [-0.1, -0.05) is 48.5 Å². The van der Waals surface area contributed by atoms with E-state index >= 15 is 0 Å². The van der Waals surface area contributed by atoms with Crippen LogP contribution < -0.4 is 46.3 Å². The molecule has 194 valence electrons. The summed E-state index contributed by atoms with van der Waals surface area (Å²) in [4.78, 5) is 53.4. The van der Waals surface area contributed by atoms with Gasteiger partial charge < -0.3 is 20.6 Å². The molecular formula is C28H18N3NaO7S. The number of fused-ring (bicyclic) bond motifs is 4. The third-order valence-corrected chi connectivity index (χ3v) is 6.59. The van der Waals surface area contributed by atoms with Crippen LogP contribution in [0.1, 0.15) is 63.7 Å². The van der Waals surface area contributed by atoms with Gasteiger partial charge in [-0.05, 0) is 12.1 Å². The zero-order valence-corrected chi connectivity index (χ0v) is 23.7. The minimum atomic E-state index is -3.11. The van der Waals surface area contributed by atoms with Gasteiger partial charge in [0, 0.05) is 45.8 Å². The summed E-state index contributed by atoms with van der Waals surface area (Å²) in [5.74, 6) is -1.32. The molecule has 0 saturated heterocycles. The van der Waals surface area contributed by atoms with Crippen LogP contribution in [-0.4, -0.2) is 36.4 Å². The second kappa shape index (κ2) is 11.4. The summed E-state index contributed by atoms with van der Waals surface area (Å²) in [7, 11) is 0. The maximum Gasteiger partial charge on any atom is 1.00 e. The van der Waals surface area contributed by atoms with Crippen LogP contribution in [0.3, 0.4) is 0 Å². The number of nitrogens with two attached hydrogens (primary N) is 3. The van der Waals surface area contributed by atoms with Crippen LogP contribution in [0.4, 0.5) is 22.7 Å². The van der Waals surface area contributed by atoms with Gasteiger partial charge in [0.05, 0.1) is 22.3 Å². The van der Waals surface area contributed by atoms with Crippen molar-refractivity contribution in [1.29, 1.82) is 0 Å². The first-order chi connectivity index (χ1) is 18.6. The zero-order chi connectivity index (χ0) is 28.0. The van der Waals surface area contributed by atoms with Gasteiger partial charge in [0.15, 0.2) is 11.6 Å². The van der Waals surface area contributed by atoms with Crippen molar-refractivity contribution in [3.05, 3.63) is 117 Å². The van der Waals surface area contributed by atoms with E-state index in [0.717, 1.165) is 0 Å². The predicted molar refractivity (Wildman–Crippen MR) is 139 cm³/mol. The quantitative estimate of drug-likeness (QED) is 0.133. The van der Waals surface area contributed by atoms with Gasteiger partial charge in [0.2, 0.25) is 11.6 Å². The Morgan fingerprint density at radius 2 is 0.800 bits per heavy atom. The van der Waals surface area contributed by atoms with Gasteiger partial charge in [-0.15, -0.1) is 11.4 Å². The van der Waals surface area contributed by atoms with E-state index in [4.69, 9.17) is 24.8 Å². The van der Waals surface area contributed by atoms with Crippen LogP contribution in [0, 0.1) is 0 Å². The first-order valence-corrected chi connectivity index (χ1v) is 12.4. The van der Waals surface area contributed by atoms with Gasteiger partial charge in [-0.25, -0.2) is 0 Å². The van der Waals surface area contributed by atoms with Crippen molar-refractivity contribution in [2.45, 2.75) is 0 Å². The van der Waals surface area contributed by atoms with E-state index in [2.05, 4.69) is 0 Å². The molecule has 0 unspecified atom stereocenters. The smallest absolute Gasteiger partial charge is 0.784 e. The summed E-state index contributed by atoms with van der Waals surface area (Å²) >= 11 is -3.11. The molecule has 40 heavy (non-hydrogen) atoms. The van der Waals surface area contributed by atoms with Crippen LogP contribution in [0.25, 0.3) is 0 Å². The molecule has 2 aliphatic rings. The molecule has 0 aliphatic heterocycles. The molecule has 0 bridgehead atoms. The van der Waals surface area contributed by atoms with Crippen LogP contribution in [0.5, 0.6) is 0 Å². The number of nitrogen functional groups attached to an aromatic ring is 2. The van der Waals surface area contributed by atoms with Gasteiger partial charge in [0.1, 0.15) is 11.4 Å². The normalized spacial score (nSPS) is 12.9. The average Bonchev–Trinajstić information content (AvgIpc) is 2.91. The fraction of sp³-hybridized carbons (Fsp3) is 0. The predicted octanol–water partition coefficient (Wildman–Crippen LogP) is -1.07. The molecule has 0 saturated carbocycles. The van der Waals surface area contributed by atoms with E-state index in [1.54, 1.807) is 78.1 Å². The van der Waals surface area contributed by atoms with Crippen molar-refractivity contribution < 1.29 is 67.4 Å². The molecule has 2 aliphatic carbocycles. The fourth-order valence-electron chi connectivity index (χ4n) is 4.95. The molecule has 0 radical (unpaired) electrons. The van der Waals surface area contributed by atoms with Crippen LogP contribution >= 0.6 is 0 Å².